The highest BCUT2D eigenvalue weighted by Crippen LogP contribution is 2.20. The van der Waals surface area contributed by atoms with Crippen LogP contribution < -0.4 is 10.9 Å². The Morgan fingerprint density at radius 1 is 1.43 bits per heavy atom. The van der Waals surface area contributed by atoms with E-state index in [1.54, 1.807) is 13.1 Å². The number of nitrogens with zero attached hydrogens (tertiary/aromatic N) is 2. The Labute approximate surface area is 130 Å². The summed E-state index contributed by atoms with van der Waals surface area (Å²) in [7, 11) is 1.68. The molecular formula is C15H25N3O2S. The van der Waals surface area contributed by atoms with E-state index in [1.165, 1.54) is 16.3 Å². The smallest absolute Gasteiger partial charge is 0.254 e. The van der Waals surface area contributed by atoms with Gasteiger partial charge in [0.15, 0.2) is 5.16 Å². The van der Waals surface area contributed by atoms with Crippen molar-refractivity contribution in [2.45, 2.75) is 56.9 Å². The molecule has 1 rings (SSSR count). The minimum Gasteiger partial charge on any atom is -0.355 e. The third-order valence-corrected chi connectivity index (χ3v) is 4.38. The van der Waals surface area contributed by atoms with E-state index in [0.29, 0.717) is 18.1 Å². The van der Waals surface area contributed by atoms with Crippen molar-refractivity contribution in [2.75, 3.05) is 6.54 Å². The highest BCUT2D eigenvalue weighted by atomic mass is 32.2. The predicted molar refractivity (Wildman–Crippen MR) is 86.7 cm³/mol. The van der Waals surface area contributed by atoms with Crippen LogP contribution in [0.15, 0.2) is 16.0 Å². The summed E-state index contributed by atoms with van der Waals surface area (Å²) in [5.74, 6) is -0.00717. The van der Waals surface area contributed by atoms with Gasteiger partial charge in [0.1, 0.15) is 0 Å². The van der Waals surface area contributed by atoms with Gasteiger partial charge in [-0.3, -0.25) is 14.2 Å². The zero-order valence-corrected chi connectivity index (χ0v) is 14.1. The topological polar surface area (TPSA) is 64.0 Å². The summed E-state index contributed by atoms with van der Waals surface area (Å²) in [6, 6.07) is 1.54. The van der Waals surface area contributed by atoms with E-state index in [2.05, 4.69) is 17.2 Å². The Morgan fingerprint density at radius 3 is 2.76 bits per heavy atom. The molecule has 0 saturated heterocycles. The number of rotatable bonds is 8. The number of carbonyl (C=O) groups is 1. The SMILES string of the molecule is CCCCCNC(=O)C(C)Sc1nc(CC)cc(=O)n1C. The van der Waals surface area contributed by atoms with Gasteiger partial charge in [-0.05, 0) is 19.8 Å². The van der Waals surface area contributed by atoms with Crippen LogP contribution in [0.1, 0.15) is 45.7 Å². The quantitative estimate of drug-likeness (QED) is 0.454. The Kier molecular flexibility index (Phi) is 7.50. The zero-order chi connectivity index (χ0) is 15.8. The van der Waals surface area contributed by atoms with Crippen LogP contribution in [0.4, 0.5) is 0 Å². The molecule has 1 aromatic rings. The van der Waals surface area contributed by atoms with Crippen molar-refractivity contribution in [1.29, 1.82) is 0 Å². The van der Waals surface area contributed by atoms with E-state index in [1.807, 2.05) is 13.8 Å². The first-order chi connectivity index (χ1) is 9.99. The number of hydrogen-bond acceptors (Lipinski definition) is 4. The van der Waals surface area contributed by atoms with E-state index in [-0.39, 0.29) is 16.7 Å². The molecule has 0 radical (unpaired) electrons. The highest BCUT2D eigenvalue weighted by Gasteiger charge is 2.17. The summed E-state index contributed by atoms with van der Waals surface area (Å²) in [6.45, 7) is 6.64. The van der Waals surface area contributed by atoms with Crippen LogP contribution in [-0.2, 0) is 18.3 Å². The maximum Gasteiger partial charge on any atom is 0.254 e. The lowest BCUT2D eigenvalue weighted by atomic mass is 10.2. The third kappa shape index (κ3) is 5.53. The Hall–Kier alpha value is -1.30. The number of unbranched alkanes of at least 4 members (excludes halogenated alkanes) is 2. The van der Waals surface area contributed by atoms with Gasteiger partial charge in [0, 0.05) is 25.4 Å². The first-order valence-electron chi connectivity index (χ1n) is 7.50. The molecule has 6 heteroatoms. The molecule has 1 atom stereocenters. The molecule has 118 valence electrons. The minimum absolute atomic E-state index is 0.00717. The molecule has 0 aliphatic carbocycles. The van der Waals surface area contributed by atoms with Crippen LogP contribution >= 0.6 is 11.8 Å². The average Bonchev–Trinajstić information content (AvgIpc) is 2.47. The monoisotopic (exact) mass is 311 g/mol. The second-order valence-electron chi connectivity index (χ2n) is 5.04. The Morgan fingerprint density at radius 2 is 2.14 bits per heavy atom. The minimum atomic E-state index is -0.267. The van der Waals surface area contributed by atoms with Gasteiger partial charge >= 0.3 is 0 Å². The molecule has 21 heavy (non-hydrogen) atoms. The van der Waals surface area contributed by atoms with Crippen LogP contribution in [0, 0.1) is 0 Å². The van der Waals surface area contributed by atoms with Gasteiger partial charge in [-0.2, -0.15) is 0 Å². The largest absolute Gasteiger partial charge is 0.355 e. The van der Waals surface area contributed by atoms with Crippen LogP contribution in [-0.4, -0.2) is 27.3 Å². The van der Waals surface area contributed by atoms with Crippen LogP contribution in [0.2, 0.25) is 0 Å². The van der Waals surface area contributed by atoms with Gasteiger partial charge in [0.25, 0.3) is 5.56 Å². The van der Waals surface area contributed by atoms with Gasteiger partial charge in [-0.1, -0.05) is 38.5 Å². The van der Waals surface area contributed by atoms with Crippen molar-refractivity contribution >= 4 is 17.7 Å². The maximum absolute atomic E-state index is 12.0. The Balaban J connectivity index is 2.65. The number of hydrogen-bond donors (Lipinski definition) is 1. The van der Waals surface area contributed by atoms with Crippen molar-refractivity contribution in [3.63, 3.8) is 0 Å². The molecule has 0 aromatic carbocycles. The van der Waals surface area contributed by atoms with Crippen LogP contribution in [0.25, 0.3) is 0 Å². The molecule has 0 bridgehead atoms. The second kappa shape index (κ2) is 8.87. The number of nitrogens with one attached hydrogen (secondary N) is 1. The fourth-order valence-electron chi connectivity index (χ4n) is 1.79. The summed E-state index contributed by atoms with van der Waals surface area (Å²) in [5.41, 5.74) is 0.677. The zero-order valence-electron chi connectivity index (χ0n) is 13.3. The standard InChI is InChI=1S/C15H25N3O2S/c1-5-7-8-9-16-14(20)11(3)21-15-17-12(6-2)10-13(19)18(15)4/h10-11H,5-9H2,1-4H3,(H,16,20). The molecule has 1 heterocycles. The lowest BCUT2D eigenvalue weighted by molar-refractivity contribution is -0.120. The molecule has 0 spiro atoms. The molecule has 0 aliphatic rings. The second-order valence-corrected chi connectivity index (χ2v) is 6.35. The van der Waals surface area contributed by atoms with Gasteiger partial charge in [0.2, 0.25) is 5.91 Å². The third-order valence-electron chi connectivity index (χ3n) is 3.24. The van der Waals surface area contributed by atoms with Crippen molar-refractivity contribution in [3.05, 3.63) is 22.1 Å². The van der Waals surface area contributed by atoms with E-state index < -0.39 is 0 Å². The number of aryl methyl sites for hydroxylation is 1. The van der Waals surface area contributed by atoms with Gasteiger partial charge in [0.05, 0.1) is 5.25 Å². The molecule has 1 N–H and O–H groups in total. The first kappa shape index (κ1) is 17.8. The Bertz CT molecular complexity index is 528. The van der Waals surface area contributed by atoms with Crippen molar-refractivity contribution < 1.29 is 4.79 Å². The lowest BCUT2D eigenvalue weighted by Gasteiger charge is -2.14. The predicted octanol–water partition coefficient (Wildman–Crippen LogP) is 2.13. The van der Waals surface area contributed by atoms with E-state index in [4.69, 9.17) is 0 Å². The highest BCUT2D eigenvalue weighted by molar-refractivity contribution is 8.00. The first-order valence-corrected chi connectivity index (χ1v) is 8.38. The number of carbonyl (C=O) groups excluding carboxylic acids is 1. The molecular weight excluding hydrogens is 286 g/mol. The molecule has 0 saturated carbocycles. The number of thioether (sulfide) groups is 1. The summed E-state index contributed by atoms with van der Waals surface area (Å²) >= 11 is 1.33. The molecule has 1 aromatic heterocycles. The van der Waals surface area contributed by atoms with E-state index in [9.17, 15) is 9.59 Å². The molecule has 0 aliphatic heterocycles. The van der Waals surface area contributed by atoms with E-state index >= 15 is 0 Å². The van der Waals surface area contributed by atoms with Gasteiger partial charge in [-0.25, -0.2) is 4.98 Å². The maximum atomic E-state index is 12.0. The fourth-order valence-corrected chi connectivity index (χ4v) is 2.72. The molecule has 0 fully saturated rings. The summed E-state index contributed by atoms with van der Waals surface area (Å²) in [6.07, 6.45) is 3.97. The lowest BCUT2D eigenvalue weighted by Crippen LogP contribution is -2.32. The van der Waals surface area contributed by atoms with Crippen LogP contribution in [0.5, 0.6) is 0 Å². The molecule has 5 nitrogen and oxygen atoms in total. The number of amides is 1. The van der Waals surface area contributed by atoms with Gasteiger partial charge < -0.3 is 5.32 Å². The molecule has 1 unspecified atom stereocenters. The molecule has 1 amide bonds. The fraction of sp³-hybridized carbons (Fsp3) is 0.667. The summed E-state index contributed by atoms with van der Waals surface area (Å²) < 4.78 is 1.49. The average molecular weight is 311 g/mol. The van der Waals surface area contributed by atoms with E-state index in [0.717, 1.165) is 25.0 Å². The van der Waals surface area contributed by atoms with Gasteiger partial charge in [-0.15, -0.1) is 0 Å². The van der Waals surface area contributed by atoms with Crippen molar-refractivity contribution in [1.82, 2.24) is 14.9 Å². The number of aromatic nitrogens is 2. The van der Waals surface area contributed by atoms with Crippen LogP contribution in [0.3, 0.4) is 0 Å². The van der Waals surface area contributed by atoms with Crippen molar-refractivity contribution in [3.8, 4) is 0 Å². The normalized spacial score (nSPS) is 12.2. The summed E-state index contributed by atoms with van der Waals surface area (Å²) in [4.78, 5) is 28.3. The summed E-state index contributed by atoms with van der Waals surface area (Å²) in [5, 5.41) is 3.25. The van der Waals surface area contributed by atoms with Crippen molar-refractivity contribution in [2.24, 2.45) is 7.05 Å².